The normalized spacial score (nSPS) is 23.8. The first-order chi connectivity index (χ1) is 5.63. The van der Waals surface area contributed by atoms with Crippen molar-refractivity contribution in [3.8, 4) is 0 Å². The average Bonchev–Trinajstić information content (AvgIpc) is 2.53. The minimum Gasteiger partial charge on any atom is -0.480 e. The largest absolute Gasteiger partial charge is 0.480 e. The predicted molar refractivity (Wildman–Crippen MR) is 43.6 cm³/mol. The lowest BCUT2D eigenvalue weighted by Crippen LogP contribution is -2.45. The second-order valence-corrected chi connectivity index (χ2v) is 3.40. The molecule has 0 aromatic rings. The molecule has 0 saturated heterocycles. The molecule has 0 spiro atoms. The van der Waals surface area contributed by atoms with Gasteiger partial charge in [-0.3, -0.25) is 4.79 Å². The number of hydrogen-bond donors (Lipinski definition) is 3. The van der Waals surface area contributed by atoms with Gasteiger partial charge in [-0.15, -0.1) is 0 Å². The van der Waals surface area contributed by atoms with E-state index in [1.54, 1.807) is 0 Å². The Morgan fingerprint density at radius 2 is 1.92 bits per heavy atom. The summed E-state index contributed by atoms with van der Waals surface area (Å²) in [5.41, 5.74) is 5.29. The maximum Gasteiger partial charge on any atom is 0.323 e. The molecule has 1 rings (SSSR count). The molecule has 2 atom stereocenters. The number of aliphatic carboxylic acids is 1. The second kappa shape index (κ2) is 3.87. The molecule has 0 heterocycles. The van der Waals surface area contributed by atoms with Gasteiger partial charge in [0.15, 0.2) is 0 Å². The molecule has 0 aromatic heterocycles. The van der Waals surface area contributed by atoms with Gasteiger partial charge in [-0.1, -0.05) is 12.8 Å². The van der Waals surface area contributed by atoms with Crippen molar-refractivity contribution in [2.45, 2.75) is 37.8 Å². The summed E-state index contributed by atoms with van der Waals surface area (Å²) in [7, 11) is 0. The SMILES string of the molecule is NC(C(=O)O)C(O)C1CCCC1. The fourth-order valence-corrected chi connectivity index (χ4v) is 1.74. The van der Waals surface area contributed by atoms with E-state index in [0.717, 1.165) is 25.7 Å². The third-order valence-corrected chi connectivity index (χ3v) is 2.54. The molecule has 4 heteroatoms. The molecule has 1 aliphatic rings. The van der Waals surface area contributed by atoms with E-state index in [4.69, 9.17) is 10.8 Å². The Morgan fingerprint density at radius 3 is 2.33 bits per heavy atom. The van der Waals surface area contributed by atoms with Gasteiger partial charge in [-0.05, 0) is 18.8 Å². The Labute approximate surface area is 71.4 Å². The van der Waals surface area contributed by atoms with Crippen molar-refractivity contribution in [2.75, 3.05) is 0 Å². The van der Waals surface area contributed by atoms with Crippen LogP contribution in [0.25, 0.3) is 0 Å². The fraction of sp³-hybridized carbons (Fsp3) is 0.875. The van der Waals surface area contributed by atoms with E-state index in [1.807, 2.05) is 0 Å². The van der Waals surface area contributed by atoms with Crippen molar-refractivity contribution >= 4 is 5.97 Å². The molecule has 1 saturated carbocycles. The average molecular weight is 173 g/mol. The Kier molecular flexibility index (Phi) is 3.05. The zero-order chi connectivity index (χ0) is 9.14. The topological polar surface area (TPSA) is 83.6 Å². The molecule has 70 valence electrons. The molecule has 1 fully saturated rings. The van der Waals surface area contributed by atoms with E-state index in [0.29, 0.717) is 0 Å². The fourth-order valence-electron chi connectivity index (χ4n) is 1.74. The van der Waals surface area contributed by atoms with Gasteiger partial charge in [0.1, 0.15) is 6.04 Å². The van der Waals surface area contributed by atoms with Gasteiger partial charge in [0.25, 0.3) is 0 Å². The van der Waals surface area contributed by atoms with E-state index in [-0.39, 0.29) is 5.92 Å². The highest BCUT2D eigenvalue weighted by molar-refractivity contribution is 5.73. The third-order valence-electron chi connectivity index (χ3n) is 2.54. The van der Waals surface area contributed by atoms with Crippen LogP contribution in [0.2, 0.25) is 0 Å². The van der Waals surface area contributed by atoms with Crippen molar-refractivity contribution in [1.29, 1.82) is 0 Å². The van der Waals surface area contributed by atoms with Gasteiger partial charge >= 0.3 is 5.97 Å². The lowest BCUT2D eigenvalue weighted by atomic mass is 9.95. The van der Waals surface area contributed by atoms with Crippen LogP contribution in [-0.4, -0.2) is 28.3 Å². The maximum atomic E-state index is 10.4. The third kappa shape index (κ3) is 1.95. The lowest BCUT2D eigenvalue weighted by molar-refractivity contribution is -0.142. The van der Waals surface area contributed by atoms with Crippen LogP contribution >= 0.6 is 0 Å². The first-order valence-corrected chi connectivity index (χ1v) is 4.29. The summed E-state index contributed by atoms with van der Waals surface area (Å²) >= 11 is 0. The number of carboxylic acid groups (broad SMARTS) is 1. The number of carbonyl (C=O) groups is 1. The molecule has 0 aliphatic heterocycles. The molecule has 4 N–H and O–H groups in total. The number of hydrogen-bond acceptors (Lipinski definition) is 3. The van der Waals surface area contributed by atoms with Crippen LogP contribution in [0.3, 0.4) is 0 Å². The van der Waals surface area contributed by atoms with E-state index in [1.165, 1.54) is 0 Å². The first kappa shape index (κ1) is 9.48. The van der Waals surface area contributed by atoms with Gasteiger partial charge in [-0.25, -0.2) is 0 Å². The highest BCUT2D eigenvalue weighted by Crippen LogP contribution is 2.28. The van der Waals surface area contributed by atoms with Crippen molar-refractivity contribution in [3.05, 3.63) is 0 Å². The Balaban J connectivity index is 2.44. The molecular formula is C8H15NO3. The molecule has 0 amide bonds. The molecule has 4 nitrogen and oxygen atoms in total. The number of rotatable bonds is 3. The molecule has 0 bridgehead atoms. The maximum absolute atomic E-state index is 10.4. The molecular weight excluding hydrogens is 158 g/mol. The number of aliphatic hydroxyl groups is 1. The predicted octanol–water partition coefficient (Wildman–Crippen LogP) is -0.0506. The molecule has 0 aromatic carbocycles. The quantitative estimate of drug-likeness (QED) is 0.558. The summed E-state index contributed by atoms with van der Waals surface area (Å²) in [5.74, 6) is -1.02. The van der Waals surface area contributed by atoms with Crippen LogP contribution in [-0.2, 0) is 4.79 Å². The minimum atomic E-state index is -1.12. The van der Waals surface area contributed by atoms with Crippen LogP contribution < -0.4 is 5.73 Å². The van der Waals surface area contributed by atoms with Crippen LogP contribution in [0.15, 0.2) is 0 Å². The van der Waals surface area contributed by atoms with Gasteiger partial charge in [0.05, 0.1) is 6.10 Å². The first-order valence-electron chi connectivity index (χ1n) is 4.29. The lowest BCUT2D eigenvalue weighted by Gasteiger charge is -2.20. The van der Waals surface area contributed by atoms with Gasteiger partial charge in [0, 0.05) is 0 Å². The summed E-state index contributed by atoms with van der Waals surface area (Å²) in [4.78, 5) is 10.4. The van der Waals surface area contributed by atoms with Gasteiger partial charge < -0.3 is 15.9 Å². The van der Waals surface area contributed by atoms with Crippen molar-refractivity contribution in [2.24, 2.45) is 11.7 Å². The molecule has 2 unspecified atom stereocenters. The molecule has 1 aliphatic carbocycles. The van der Waals surface area contributed by atoms with Crippen LogP contribution in [0, 0.1) is 5.92 Å². The van der Waals surface area contributed by atoms with Crippen molar-refractivity contribution < 1.29 is 15.0 Å². The standard InChI is InChI=1S/C8H15NO3/c9-6(8(11)12)7(10)5-3-1-2-4-5/h5-7,10H,1-4,9H2,(H,11,12). The van der Waals surface area contributed by atoms with Crippen molar-refractivity contribution in [3.63, 3.8) is 0 Å². The highest BCUT2D eigenvalue weighted by Gasteiger charge is 2.31. The summed E-state index contributed by atoms with van der Waals surface area (Å²) in [5, 5.41) is 18.0. The summed E-state index contributed by atoms with van der Waals surface area (Å²) in [6.45, 7) is 0. The number of nitrogens with two attached hydrogens (primary N) is 1. The molecule has 0 radical (unpaired) electrons. The van der Waals surface area contributed by atoms with Gasteiger partial charge in [0.2, 0.25) is 0 Å². The zero-order valence-corrected chi connectivity index (χ0v) is 6.94. The minimum absolute atomic E-state index is 0.0936. The van der Waals surface area contributed by atoms with E-state index >= 15 is 0 Å². The Hall–Kier alpha value is -0.610. The van der Waals surface area contributed by atoms with E-state index < -0.39 is 18.1 Å². The summed E-state index contributed by atoms with van der Waals surface area (Å²) < 4.78 is 0. The molecule has 12 heavy (non-hydrogen) atoms. The van der Waals surface area contributed by atoms with Crippen LogP contribution in [0.4, 0.5) is 0 Å². The number of carboxylic acids is 1. The zero-order valence-electron chi connectivity index (χ0n) is 6.94. The summed E-state index contributed by atoms with van der Waals surface area (Å²) in [6.07, 6.45) is 3.09. The van der Waals surface area contributed by atoms with Crippen LogP contribution in [0.5, 0.6) is 0 Å². The van der Waals surface area contributed by atoms with Crippen LogP contribution in [0.1, 0.15) is 25.7 Å². The second-order valence-electron chi connectivity index (χ2n) is 3.40. The van der Waals surface area contributed by atoms with Crippen molar-refractivity contribution in [1.82, 2.24) is 0 Å². The monoisotopic (exact) mass is 173 g/mol. The smallest absolute Gasteiger partial charge is 0.323 e. The summed E-state index contributed by atoms with van der Waals surface area (Å²) in [6, 6.07) is -1.12. The van der Waals surface area contributed by atoms with Gasteiger partial charge in [-0.2, -0.15) is 0 Å². The highest BCUT2D eigenvalue weighted by atomic mass is 16.4. The van der Waals surface area contributed by atoms with E-state index in [9.17, 15) is 9.90 Å². The number of aliphatic hydroxyl groups excluding tert-OH is 1. The van der Waals surface area contributed by atoms with E-state index in [2.05, 4.69) is 0 Å². The Morgan fingerprint density at radius 1 is 1.42 bits per heavy atom. The Bertz CT molecular complexity index is 166.